The smallest absolute Gasteiger partial charge is 0.190 e. The first-order valence-electron chi connectivity index (χ1n) is 6.51. The molecule has 2 N–H and O–H groups in total. The Hall–Kier alpha value is -1.07. The van der Waals surface area contributed by atoms with Crippen molar-refractivity contribution in [2.75, 3.05) is 33.7 Å². The second-order valence-electron chi connectivity index (χ2n) is 4.48. The molecule has 0 radical (unpaired) electrons. The van der Waals surface area contributed by atoms with Gasteiger partial charge in [0.25, 0.3) is 0 Å². The van der Waals surface area contributed by atoms with Crippen molar-refractivity contribution in [1.29, 1.82) is 0 Å². The highest BCUT2D eigenvalue weighted by Gasteiger charge is 2.24. The third-order valence-corrected chi connectivity index (χ3v) is 4.35. The van der Waals surface area contributed by atoms with Crippen molar-refractivity contribution >= 4 is 17.3 Å². The minimum atomic E-state index is 0.470. The molecular formula is C13H22N4S. The maximum atomic E-state index is 4.17. The van der Waals surface area contributed by atoms with Crippen LogP contribution >= 0.6 is 11.3 Å². The lowest BCUT2D eigenvalue weighted by Crippen LogP contribution is -2.41. The molecule has 0 aromatic carbocycles. The van der Waals surface area contributed by atoms with Gasteiger partial charge in [-0.15, -0.1) is 11.3 Å². The van der Waals surface area contributed by atoms with E-state index in [1.54, 1.807) is 7.05 Å². The molecule has 5 heteroatoms. The van der Waals surface area contributed by atoms with Gasteiger partial charge >= 0.3 is 0 Å². The maximum absolute atomic E-state index is 4.17. The summed E-state index contributed by atoms with van der Waals surface area (Å²) in [7, 11) is 3.69. The van der Waals surface area contributed by atoms with Crippen molar-refractivity contribution < 1.29 is 0 Å². The average Bonchev–Trinajstić information content (AvgIpc) is 3.07. The second kappa shape index (κ2) is 6.75. The first-order valence-corrected chi connectivity index (χ1v) is 7.39. The van der Waals surface area contributed by atoms with E-state index >= 15 is 0 Å². The molecule has 0 amide bonds. The van der Waals surface area contributed by atoms with Crippen molar-refractivity contribution in [1.82, 2.24) is 15.5 Å². The quantitative estimate of drug-likeness (QED) is 0.643. The van der Waals surface area contributed by atoms with Gasteiger partial charge in [0.2, 0.25) is 0 Å². The molecule has 2 rings (SSSR count). The molecular weight excluding hydrogens is 244 g/mol. The highest BCUT2D eigenvalue weighted by molar-refractivity contribution is 7.10. The van der Waals surface area contributed by atoms with Crippen molar-refractivity contribution in [3.63, 3.8) is 0 Å². The van der Waals surface area contributed by atoms with Gasteiger partial charge in [-0.2, -0.15) is 0 Å². The number of thiophene rings is 1. The van der Waals surface area contributed by atoms with Crippen LogP contribution in [0, 0.1) is 0 Å². The van der Waals surface area contributed by atoms with E-state index in [1.165, 1.54) is 30.8 Å². The van der Waals surface area contributed by atoms with E-state index < -0.39 is 0 Å². The number of hydrogen-bond acceptors (Lipinski definition) is 3. The van der Waals surface area contributed by atoms with Crippen LogP contribution in [0.2, 0.25) is 0 Å². The minimum Gasteiger partial charge on any atom is -0.359 e. The fourth-order valence-corrected chi connectivity index (χ4v) is 3.28. The van der Waals surface area contributed by atoms with Gasteiger partial charge in [0.15, 0.2) is 5.96 Å². The molecule has 0 spiro atoms. The Bertz CT molecular complexity index is 368. The molecule has 4 nitrogen and oxygen atoms in total. The van der Waals surface area contributed by atoms with Crippen molar-refractivity contribution in [2.45, 2.75) is 18.9 Å². The second-order valence-corrected chi connectivity index (χ2v) is 5.46. The Balaban J connectivity index is 2.01. The van der Waals surface area contributed by atoms with Gasteiger partial charge < -0.3 is 10.6 Å². The molecule has 0 aliphatic carbocycles. The highest BCUT2D eigenvalue weighted by Crippen LogP contribution is 2.27. The van der Waals surface area contributed by atoms with E-state index in [-0.39, 0.29) is 0 Å². The molecule has 1 saturated heterocycles. The zero-order chi connectivity index (χ0) is 12.8. The summed E-state index contributed by atoms with van der Waals surface area (Å²) in [5.74, 6) is 0.857. The van der Waals surface area contributed by atoms with E-state index in [1.807, 2.05) is 18.4 Å². The summed E-state index contributed by atoms with van der Waals surface area (Å²) in [6.07, 6.45) is 2.64. The maximum Gasteiger partial charge on any atom is 0.190 e. The van der Waals surface area contributed by atoms with Gasteiger partial charge in [0, 0.05) is 25.5 Å². The van der Waals surface area contributed by atoms with Crippen LogP contribution in [0.3, 0.4) is 0 Å². The van der Waals surface area contributed by atoms with Crippen LogP contribution in [-0.2, 0) is 0 Å². The number of guanidine groups is 1. The summed E-state index contributed by atoms with van der Waals surface area (Å²) in [5, 5.41) is 8.61. The predicted molar refractivity (Wildman–Crippen MR) is 78.3 cm³/mol. The molecule has 18 heavy (non-hydrogen) atoms. The normalized spacial score (nSPS) is 18.9. The van der Waals surface area contributed by atoms with Crippen LogP contribution in [0.1, 0.15) is 23.8 Å². The molecule has 1 atom stereocenters. The largest absolute Gasteiger partial charge is 0.359 e. The molecule has 1 aromatic heterocycles. The summed E-state index contributed by atoms with van der Waals surface area (Å²) >= 11 is 1.84. The Morgan fingerprint density at radius 1 is 1.50 bits per heavy atom. The van der Waals surface area contributed by atoms with Gasteiger partial charge in [-0.3, -0.25) is 9.89 Å². The van der Waals surface area contributed by atoms with Crippen molar-refractivity contribution in [3.05, 3.63) is 22.4 Å². The van der Waals surface area contributed by atoms with Crippen LogP contribution in [0.15, 0.2) is 22.5 Å². The van der Waals surface area contributed by atoms with Gasteiger partial charge in [0.1, 0.15) is 0 Å². The number of rotatable bonds is 4. The molecule has 100 valence electrons. The van der Waals surface area contributed by atoms with Crippen LogP contribution in [0.5, 0.6) is 0 Å². The summed E-state index contributed by atoms with van der Waals surface area (Å²) in [6, 6.07) is 4.84. The number of nitrogens with zero attached hydrogens (tertiary/aromatic N) is 2. The fourth-order valence-electron chi connectivity index (χ4n) is 2.42. The first-order chi connectivity index (χ1) is 8.85. The molecule has 0 bridgehead atoms. The molecule has 1 unspecified atom stereocenters. The van der Waals surface area contributed by atoms with E-state index in [4.69, 9.17) is 0 Å². The summed E-state index contributed by atoms with van der Waals surface area (Å²) < 4.78 is 0. The van der Waals surface area contributed by atoms with E-state index in [2.05, 4.69) is 38.0 Å². The molecule has 1 fully saturated rings. The van der Waals surface area contributed by atoms with Crippen molar-refractivity contribution in [3.8, 4) is 0 Å². The Morgan fingerprint density at radius 3 is 2.83 bits per heavy atom. The monoisotopic (exact) mass is 266 g/mol. The standard InChI is InChI=1S/C13H22N4S/c1-14-13(15-2)16-10-11(12-6-5-9-18-12)17-7-3-4-8-17/h5-6,9,11H,3-4,7-8,10H2,1-2H3,(H2,14,15,16). The van der Waals surface area contributed by atoms with E-state index in [0.717, 1.165) is 12.5 Å². The van der Waals surface area contributed by atoms with E-state index in [9.17, 15) is 0 Å². The predicted octanol–water partition coefficient (Wildman–Crippen LogP) is 1.68. The van der Waals surface area contributed by atoms with Crippen LogP contribution < -0.4 is 10.6 Å². The number of nitrogens with one attached hydrogen (secondary N) is 2. The molecule has 1 aliphatic rings. The van der Waals surface area contributed by atoms with E-state index in [0.29, 0.717) is 6.04 Å². The lowest BCUT2D eigenvalue weighted by molar-refractivity contribution is 0.249. The highest BCUT2D eigenvalue weighted by atomic mass is 32.1. The molecule has 1 aliphatic heterocycles. The number of likely N-dealkylation sites (tertiary alicyclic amines) is 1. The van der Waals surface area contributed by atoms with Crippen LogP contribution in [-0.4, -0.2) is 44.6 Å². The van der Waals surface area contributed by atoms with Crippen LogP contribution in [0.4, 0.5) is 0 Å². The summed E-state index contributed by atoms with van der Waals surface area (Å²) in [6.45, 7) is 3.33. The van der Waals surface area contributed by atoms with Gasteiger partial charge in [0.05, 0.1) is 6.04 Å². The van der Waals surface area contributed by atoms with Crippen molar-refractivity contribution in [2.24, 2.45) is 4.99 Å². The zero-order valence-corrected chi connectivity index (χ0v) is 12.0. The third kappa shape index (κ3) is 3.23. The molecule has 0 saturated carbocycles. The lowest BCUT2D eigenvalue weighted by atomic mass is 10.2. The molecule has 1 aromatic rings. The number of aliphatic imine (C=N–C) groups is 1. The zero-order valence-electron chi connectivity index (χ0n) is 11.1. The topological polar surface area (TPSA) is 39.7 Å². The fraction of sp³-hybridized carbons (Fsp3) is 0.615. The molecule has 2 heterocycles. The SMILES string of the molecule is CN=C(NC)NCC(c1cccs1)N1CCCC1. The minimum absolute atomic E-state index is 0.470. The van der Waals surface area contributed by atoms with Crippen LogP contribution in [0.25, 0.3) is 0 Å². The lowest BCUT2D eigenvalue weighted by Gasteiger charge is -2.27. The number of hydrogen-bond donors (Lipinski definition) is 2. The average molecular weight is 266 g/mol. The Labute approximate surface area is 113 Å². The summed E-state index contributed by atoms with van der Waals surface area (Å²) in [5.41, 5.74) is 0. The Morgan fingerprint density at radius 2 is 2.28 bits per heavy atom. The first kappa shape index (κ1) is 13.4. The van der Waals surface area contributed by atoms with Gasteiger partial charge in [-0.25, -0.2) is 0 Å². The Kier molecular flexibility index (Phi) is 5.01. The van der Waals surface area contributed by atoms with Gasteiger partial charge in [-0.1, -0.05) is 6.07 Å². The third-order valence-electron chi connectivity index (χ3n) is 3.38. The summed E-state index contributed by atoms with van der Waals surface area (Å²) in [4.78, 5) is 8.18. The van der Waals surface area contributed by atoms with Gasteiger partial charge in [-0.05, 0) is 37.4 Å².